The van der Waals surface area contributed by atoms with E-state index in [-0.39, 0.29) is 0 Å². The number of hydrogen-bond acceptors (Lipinski definition) is 1. The Morgan fingerprint density at radius 2 is 2.11 bits per heavy atom. The molecule has 0 saturated carbocycles. The molecule has 0 atom stereocenters. The fourth-order valence-corrected chi connectivity index (χ4v) is 2.46. The highest BCUT2D eigenvalue weighted by molar-refractivity contribution is 5.84. The summed E-state index contributed by atoms with van der Waals surface area (Å²) in [5.41, 5.74) is 2.79. The quantitative estimate of drug-likeness (QED) is 0.562. The Morgan fingerprint density at radius 1 is 1.26 bits per heavy atom. The van der Waals surface area contributed by atoms with E-state index in [2.05, 4.69) is 53.8 Å². The summed E-state index contributed by atoms with van der Waals surface area (Å²) in [6, 6.07) is 8.69. The Labute approximate surface area is 116 Å². The second-order valence-electron chi connectivity index (χ2n) is 4.94. The van der Waals surface area contributed by atoms with Crippen LogP contribution in [0.5, 0.6) is 0 Å². The van der Waals surface area contributed by atoms with Crippen LogP contribution in [0.15, 0.2) is 43.1 Å². The molecule has 1 aromatic heterocycles. The predicted octanol–water partition coefficient (Wildman–Crippen LogP) is 3.76. The van der Waals surface area contributed by atoms with E-state index in [1.54, 1.807) is 0 Å². The minimum absolute atomic E-state index is 1.02. The first-order valence-electron chi connectivity index (χ1n) is 7.25. The van der Waals surface area contributed by atoms with E-state index in [9.17, 15) is 0 Å². The average Bonchev–Trinajstić information content (AvgIpc) is 2.80. The zero-order chi connectivity index (χ0) is 13.5. The van der Waals surface area contributed by atoms with Gasteiger partial charge in [-0.1, -0.05) is 31.2 Å². The highest BCUT2D eigenvalue weighted by Gasteiger charge is 2.06. The van der Waals surface area contributed by atoms with Gasteiger partial charge in [-0.25, -0.2) is 0 Å². The van der Waals surface area contributed by atoms with Crippen molar-refractivity contribution in [2.45, 2.75) is 32.7 Å². The number of para-hydroxylation sites is 1. The van der Waals surface area contributed by atoms with Gasteiger partial charge in [-0.15, -0.1) is 6.58 Å². The molecule has 2 heteroatoms. The van der Waals surface area contributed by atoms with E-state index in [0.717, 1.165) is 32.5 Å². The third kappa shape index (κ3) is 3.48. The molecule has 2 aromatic rings. The van der Waals surface area contributed by atoms with Crippen LogP contribution in [-0.2, 0) is 13.0 Å². The van der Waals surface area contributed by atoms with E-state index < -0.39 is 0 Å². The summed E-state index contributed by atoms with van der Waals surface area (Å²) >= 11 is 0. The molecule has 1 aromatic carbocycles. The van der Waals surface area contributed by atoms with Crippen LogP contribution in [0.3, 0.4) is 0 Å². The number of benzene rings is 1. The van der Waals surface area contributed by atoms with E-state index >= 15 is 0 Å². The number of aromatic nitrogens is 1. The maximum absolute atomic E-state index is 3.81. The van der Waals surface area contributed by atoms with Crippen LogP contribution in [0.1, 0.15) is 25.3 Å². The summed E-state index contributed by atoms with van der Waals surface area (Å²) < 4.78 is 2.35. The summed E-state index contributed by atoms with van der Waals surface area (Å²) in [7, 11) is 0. The van der Waals surface area contributed by atoms with Crippen LogP contribution in [0.2, 0.25) is 0 Å². The van der Waals surface area contributed by atoms with Crippen molar-refractivity contribution in [3.8, 4) is 0 Å². The molecule has 0 radical (unpaired) electrons. The van der Waals surface area contributed by atoms with Crippen LogP contribution < -0.4 is 5.32 Å². The Morgan fingerprint density at radius 3 is 2.89 bits per heavy atom. The largest absolute Gasteiger partial charge is 0.347 e. The molecule has 0 amide bonds. The van der Waals surface area contributed by atoms with Gasteiger partial charge < -0.3 is 9.88 Å². The van der Waals surface area contributed by atoms with Crippen LogP contribution in [0.4, 0.5) is 0 Å². The maximum Gasteiger partial charge on any atom is 0.0483 e. The van der Waals surface area contributed by atoms with Crippen LogP contribution >= 0.6 is 0 Å². The zero-order valence-corrected chi connectivity index (χ0v) is 11.9. The minimum Gasteiger partial charge on any atom is -0.347 e. The molecular formula is C17H24N2. The zero-order valence-electron chi connectivity index (χ0n) is 11.9. The molecule has 0 spiro atoms. The van der Waals surface area contributed by atoms with Crippen molar-refractivity contribution in [2.24, 2.45) is 0 Å². The minimum atomic E-state index is 1.02. The fraction of sp³-hybridized carbons (Fsp3) is 0.412. The third-order valence-corrected chi connectivity index (χ3v) is 3.44. The molecular weight excluding hydrogens is 232 g/mol. The lowest BCUT2D eigenvalue weighted by Gasteiger charge is -2.01. The van der Waals surface area contributed by atoms with Gasteiger partial charge in [0.1, 0.15) is 0 Å². The number of nitrogens with zero attached hydrogens (tertiary/aromatic N) is 1. The predicted molar refractivity (Wildman–Crippen MR) is 83.6 cm³/mol. The van der Waals surface area contributed by atoms with Crippen molar-refractivity contribution in [3.63, 3.8) is 0 Å². The average molecular weight is 256 g/mol. The monoisotopic (exact) mass is 256 g/mol. The topological polar surface area (TPSA) is 17.0 Å². The second-order valence-corrected chi connectivity index (χ2v) is 4.94. The highest BCUT2D eigenvalue weighted by Crippen LogP contribution is 2.22. The lowest BCUT2D eigenvalue weighted by Crippen LogP contribution is -2.17. The summed E-state index contributed by atoms with van der Waals surface area (Å²) in [5, 5.41) is 4.87. The first-order chi connectivity index (χ1) is 9.36. The van der Waals surface area contributed by atoms with Gasteiger partial charge in [0.2, 0.25) is 0 Å². The number of rotatable bonds is 8. The molecule has 0 aliphatic rings. The summed E-state index contributed by atoms with van der Waals surface area (Å²) in [6.45, 7) is 9.20. The Bertz CT molecular complexity index is 525. The van der Waals surface area contributed by atoms with Gasteiger partial charge in [0.15, 0.2) is 0 Å². The third-order valence-electron chi connectivity index (χ3n) is 3.44. The van der Waals surface area contributed by atoms with Crippen LogP contribution in [0.25, 0.3) is 10.9 Å². The smallest absolute Gasteiger partial charge is 0.0483 e. The molecule has 0 aliphatic heterocycles. The Kier molecular flexibility index (Phi) is 5.22. The molecule has 0 saturated heterocycles. The van der Waals surface area contributed by atoms with Crippen molar-refractivity contribution >= 4 is 10.9 Å². The van der Waals surface area contributed by atoms with Gasteiger partial charge in [0.25, 0.3) is 0 Å². The van der Waals surface area contributed by atoms with E-state index in [4.69, 9.17) is 0 Å². The van der Waals surface area contributed by atoms with Crippen LogP contribution in [0, 0.1) is 0 Å². The summed E-state index contributed by atoms with van der Waals surface area (Å²) in [6.07, 6.45) is 7.61. The van der Waals surface area contributed by atoms with Crippen molar-refractivity contribution in [2.75, 3.05) is 13.1 Å². The normalized spacial score (nSPS) is 11.0. The molecule has 0 bridgehead atoms. The van der Waals surface area contributed by atoms with Gasteiger partial charge in [-0.05, 0) is 44.0 Å². The number of nitrogens with one attached hydrogen (secondary N) is 1. The van der Waals surface area contributed by atoms with Crippen LogP contribution in [-0.4, -0.2) is 17.7 Å². The molecule has 19 heavy (non-hydrogen) atoms. The molecule has 2 rings (SSSR count). The van der Waals surface area contributed by atoms with Gasteiger partial charge in [-0.3, -0.25) is 0 Å². The number of fused-ring (bicyclic) bond motifs is 1. The summed E-state index contributed by atoms with van der Waals surface area (Å²) in [5.74, 6) is 0. The molecule has 0 fully saturated rings. The summed E-state index contributed by atoms with van der Waals surface area (Å²) in [4.78, 5) is 0. The Balaban J connectivity index is 2.15. The fourth-order valence-electron chi connectivity index (χ4n) is 2.46. The molecule has 2 nitrogen and oxygen atoms in total. The lowest BCUT2D eigenvalue weighted by atomic mass is 10.1. The highest BCUT2D eigenvalue weighted by atomic mass is 15.0. The maximum atomic E-state index is 3.81. The van der Waals surface area contributed by atoms with Gasteiger partial charge in [-0.2, -0.15) is 0 Å². The van der Waals surface area contributed by atoms with E-state index in [1.807, 2.05) is 6.08 Å². The van der Waals surface area contributed by atoms with E-state index in [0.29, 0.717) is 0 Å². The molecule has 102 valence electrons. The van der Waals surface area contributed by atoms with Crippen molar-refractivity contribution in [1.29, 1.82) is 0 Å². The van der Waals surface area contributed by atoms with Crippen molar-refractivity contribution in [1.82, 2.24) is 9.88 Å². The van der Waals surface area contributed by atoms with E-state index in [1.165, 1.54) is 22.9 Å². The standard InChI is InChI=1S/C17H24N2/c1-3-5-13-19-14-15(10-12-18-11-4-2)16-8-6-7-9-17(16)19/h3,6-9,14,18H,1,4-5,10-13H2,2H3. The molecule has 0 aliphatic carbocycles. The number of hydrogen-bond donors (Lipinski definition) is 1. The van der Waals surface area contributed by atoms with Crippen molar-refractivity contribution < 1.29 is 0 Å². The van der Waals surface area contributed by atoms with Gasteiger partial charge >= 0.3 is 0 Å². The molecule has 1 heterocycles. The first-order valence-corrected chi connectivity index (χ1v) is 7.25. The SMILES string of the molecule is C=CCCn1cc(CCNCCC)c2ccccc21. The van der Waals surface area contributed by atoms with Gasteiger partial charge in [0.05, 0.1) is 0 Å². The lowest BCUT2D eigenvalue weighted by molar-refractivity contribution is 0.669. The van der Waals surface area contributed by atoms with Gasteiger partial charge in [0, 0.05) is 23.6 Å². The molecule has 0 unspecified atom stereocenters. The number of allylic oxidation sites excluding steroid dienone is 1. The Hall–Kier alpha value is -1.54. The first kappa shape index (κ1) is 13.9. The number of aryl methyl sites for hydroxylation is 1. The second kappa shape index (κ2) is 7.15. The van der Waals surface area contributed by atoms with Crippen molar-refractivity contribution in [3.05, 3.63) is 48.7 Å². The molecule has 1 N–H and O–H groups in total.